The van der Waals surface area contributed by atoms with Gasteiger partial charge < -0.3 is 14.9 Å². The second-order valence-electron chi connectivity index (χ2n) is 11.0. The van der Waals surface area contributed by atoms with Crippen LogP contribution < -0.4 is 0 Å². The first-order chi connectivity index (χ1) is 13.3. The van der Waals surface area contributed by atoms with Crippen LogP contribution >= 0.6 is 0 Å². The Morgan fingerprint density at radius 3 is 2.57 bits per heavy atom. The van der Waals surface area contributed by atoms with Crippen LogP contribution in [0.15, 0.2) is 11.6 Å². The van der Waals surface area contributed by atoms with Crippen LogP contribution in [-0.2, 0) is 9.53 Å². The Hall–Kier alpha value is -0.710. The molecule has 0 bridgehead atoms. The Balaban J connectivity index is 1.55. The first kappa shape index (κ1) is 19.3. The van der Waals surface area contributed by atoms with Gasteiger partial charge in [-0.25, -0.2) is 0 Å². The van der Waals surface area contributed by atoms with Gasteiger partial charge in [0.05, 0.1) is 12.2 Å². The van der Waals surface area contributed by atoms with Gasteiger partial charge in [0.1, 0.15) is 5.78 Å². The van der Waals surface area contributed by atoms with Gasteiger partial charge in [0.2, 0.25) is 0 Å². The van der Waals surface area contributed by atoms with E-state index in [0.717, 1.165) is 51.7 Å². The van der Waals surface area contributed by atoms with E-state index in [1.807, 2.05) is 0 Å². The van der Waals surface area contributed by atoms with Gasteiger partial charge in [0.15, 0.2) is 0 Å². The van der Waals surface area contributed by atoms with Gasteiger partial charge >= 0.3 is 0 Å². The fraction of sp³-hybridized carbons (Fsp3) is 0.875. The SMILES string of the molecule is C[C@]12CC[C@@H]3[C@@H](C(O)CC4CC(O)C=C(C5CCOCC5)[C@@]43C)[C@@H]1CC(=O)C2. The molecule has 8 atom stereocenters. The smallest absolute Gasteiger partial charge is 0.133 e. The van der Waals surface area contributed by atoms with Gasteiger partial charge in [-0.2, -0.15) is 0 Å². The Kier molecular flexibility index (Phi) is 4.57. The molecule has 4 nitrogen and oxygen atoms in total. The number of ether oxygens (including phenoxy) is 1. The molecule has 4 aliphatic carbocycles. The molecule has 0 amide bonds. The molecule has 4 fully saturated rings. The van der Waals surface area contributed by atoms with E-state index in [1.54, 1.807) is 0 Å². The van der Waals surface area contributed by atoms with E-state index in [9.17, 15) is 15.0 Å². The summed E-state index contributed by atoms with van der Waals surface area (Å²) in [6.07, 6.45) is 8.65. The molecule has 0 aromatic heterocycles. The second-order valence-corrected chi connectivity index (χ2v) is 11.0. The van der Waals surface area contributed by atoms with Crippen molar-refractivity contribution in [3.63, 3.8) is 0 Å². The van der Waals surface area contributed by atoms with E-state index in [4.69, 9.17) is 4.74 Å². The highest BCUT2D eigenvalue weighted by Gasteiger charge is 2.63. The molecule has 3 unspecified atom stereocenters. The third-order valence-corrected chi connectivity index (χ3v) is 9.67. The molecule has 1 heterocycles. The molecule has 5 rings (SSSR count). The standard InChI is InChI=1S/C24H36O4/c1-23-6-3-18-22(20(23)12-17(26)13-23)21(27)10-15-9-16(25)11-19(24(15,18)2)14-4-7-28-8-5-14/h11,14-16,18,20-22,25,27H,3-10,12-13H2,1-2H3/t15?,16?,18-,20+,21?,22-,23-,24+/m1/s1. The highest BCUT2D eigenvalue weighted by Crippen LogP contribution is 2.67. The molecular weight excluding hydrogens is 352 g/mol. The number of Topliss-reactive ketones (excluding diaryl/α,β-unsaturated/α-hetero) is 1. The summed E-state index contributed by atoms with van der Waals surface area (Å²) in [5.74, 6) is 2.20. The summed E-state index contributed by atoms with van der Waals surface area (Å²) in [5, 5.41) is 21.9. The highest BCUT2D eigenvalue weighted by molar-refractivity contribution is 5.82. The summed E-state index contributed by atoms with van der Waals surface area (Å²) in [7, 11) is 0. The molecule has 0 aromatic rings. The second kappa shape index (κ2) is 6.65. The van der Waals surface area contributed by atoms with Gasteiger partial charge in [0, 0.05) is 26.1 Å². The first-order valence-electron chi connectivity index (χ1n) is 11.5. The Morgan fingerprint density at radius 2 is 1.82 bits per heavy atom. The Morgan fingerprint density at radius 1 is 1.07 bits per heavy atom. The van der Waals surface area contributed by atoms with Crippen molar-refractivity contribution in [1.82, 2.24) is 0 Å². The minimum absolute atomic E-state index is 0.0398. The van der Waals surface area contributed by atoms with Crippen LogP contribution in [0.4, 0.5) is 0 Å². The number of allylic oxidation sites excluding steroid dienone is 1. The van der Waals surface area contributed by atoms with Crippen LogP contribution in [-0.4, -0.2) is 41.4 Å². The lowest BCUT2D eigenvalue weighted by molar-refractivity contribution is -0.145. The van der Waals surface area contributed by atoms with Crippen molar-refractivity contribution in [3.05, 3.63) is 11.6 Å². The Labute approximate surface area is 168 Å². The number of aliphatic hydroxyl groups is 2. The van der Waals surface area contributed by atoms with E-state index in [2.05, 4.69) is 19.9 Å². The maximum absolute atomic E-state index is 12.4. The van der Waals surface area contributed by atoms with Crippen molar-refractivity contribution in [3.8, 4) is 0 Å². The zero-order valence-electron chi connectivity index (χ0n) is 17.4. The number of ketones is 1. The van der Waals surface area contributed by atoms with Crippen molar-refractivity contribution < 1.29 is 19.7 Å². The molecule has 3 saturated carbocycles. The molecule has 28 heavy (non-hydrogen) atoms. The number of fused-ring (bicyclic) bond motifs is 5. The van der Waals surface area contributed by atoms with Gasteiger partial charge in [0.25, 0.3) is 0 Å². The zero-order chi connectivity index (χ0) is 19.7. The monoisotopic (exact) mass is 388 g/mol. The molecule has 0 spiro atoms. The molecule has 1 aliphatic heterocycles. The third kappa shape index (κ3) is 2.70. The van der Waals surface area contributed by atoms with Gasteiger partial charge in [-0.05, 0) is 78.9 Å². The largest absolute Gasteiger partial charge is 0.393 e. The van der Waals surface area contributed by atoms with Crippen LogP contribution in [0, 0.1) is 40.4 Å². The summed E-state index contributed by atoms with van der Waals surface area (Å²) < 4.78 is 5.62. The molecule has 1 saturated heterocycles. The van der Waals surface area contributed by atoms with Gasteiger partial charge in [-0.15, -0.1) is 0 Å². The molecular formula is C24H36O4. The quantitative estimate of drug-likeness (QED) is 0.675. The molecule has 4 heteroatoms. The van der Waals surface area contributed by atoms with Gasteiger partial charge in [-0.3, -0.25) is 4.79 Å². The minimum atomic E-state index is -0.387. The minimum Gasteiger partial charge on any atom is -0.393 e. The maximum Gasteiger partial charge on any atom is 0.133 e. The lowest BCUT2D eigenvalue weighted by atomic mass is 9.43. The highest BCUT2D eigenvalue weighted by atomic mass is 16.5. The predicted molar refractivity (Wildman–Crippen MR) is 107 cm³/mol. The number of aliphatic hydroxyl groups excluding tert-OH is 2. The number of rotatable bonds is 1. The topological polar surface area (TPSA) is 66.8 Å². The fourth-order valence-corrected chi connectivity index (χ4v) is 8.33. The molecule has 0 aromatic carbocycles. The zero-order valence-corrected chi connectivity index (χ0v) is 17.4. The summed E-state index contributed by atoms with van der Waals surface area (Å²) in [6, 6.07) is 0. The predicted octanol–water partition coefficient (Wildman–Crippen LogP) is 3.50. The van der Waals surface area contributed by atoms with E-state index in [0.29, 0.717) is 42.3 Å². The summed E-state index contributed by atoms with van der Waals surface area (Å²) in [4.78, 5) is 12.4. The van der Waals surface area contributed by atoms with Crippen molar-refractivity contribution in [2.75, 3.05) is 13.2 Å². The summed E-state index contributed by atoms with van der Waals surface area (Å²) >= 11 is 0. The van der Waals surface area contributed by atoms with E-state index >= 15 is 0 Å². The van der Waals surface area contributed by atoms with E-state index < -0.39 is 0 Å². The average Bonchev–Trinajstić information content (AvgIpc) is 2.97. The number of hydrogen-bond donors (Lipinski definition) is 2. The fourth-order valence-electron chi connectivity index (χ4n) is 8.33. The first-order valence-corrected chi connectivity index (χ1v) is 11.5. The normalized spacial score (nSPS) is 51.9. The molecule has 2 N–H and O–H groups in total. The third-order valence-electron chi connectivity index (χ3n) is 9.67. The lowest BCUT2D eigenvalue weighted by Crippen LogP contribution is -2.59. The lowest BCUT2D eigenvalue weighted by Gasteiger charge is -2.62. The van der Waals surface area contributed by atoms with Crippen molar-refractivity contribution >= 4 is 5.78 Å². The van der Waals surface area contributed by atoms with E-state index in [1.165, 1.54) is 5.57 Å². The van der Waals surface area contributed by atoms with Crippen LogP contribution in [0.3, 0.4) is 0 Å². The number of carbonyl (C=O) groups excluding carboxylic acids is 1. The Bertz CT molecular complexity index is 680. The van der Waals surface area contributed by atoms with E-state index in [-0.39, 0.29) is 29.0 Å². The van der Waals surface area contributed by atoms with Crippen LogP contribution in [0.2, 0.25) is 0 Å². The van der Waals surface area contributed by atoms with Gasteiger partial charge in [-0.1, -0.05) is 25.5 Å². The van der Waals surface area contributed by atoms with Crippen LogP contribution in [0.5, 0.6) is 0 Å². The number of carbonyl (C=O) groups is 1. The molecule has 5 aliphatic rings. The van der Waals surface area contributed by atoms with Crippen molar-refractivity contribution in [1.29, 1.82) is 0 Å². The average molecular weight is 389 g/mol. The molecule has 156 valence electrons. The van der Waals surface area contributed by atoms with Crippen molar-refractivity contribution in [2.24, 2.45) is 40.4 Å². The molecule has 0 radical (unpaired) electrons. The summed E-state index contributed by atoms with van der Waals surface area (Å²) in [5.41, 5.74) is 1.58. The van der Waals surface area contributed by atoms with Crippen molar-refractivity contribution in [2.45, 2.75) is 77.4 Å². The van der Waals surface area contributed by atoms with Crippen LogP contribution in [0.25, 0.3) is 0 Å². The summed E-state index contributed by atoms with van der Waals surface area (Å²) in [6.45, 7) is 6.35. The van der Waals surface area contributed by atoms with Crippen LogP contribution in [0.1, 0.15) is 65.2 Å². The maximum atomic E-state index is 12.4. The number of hydrogen-bond acceptors (Lipinski definition) is 4.